The number of hydrogen-bond donors (Lipinski definition) is 1. The molecule has 144 valence electrons. The molecule has 0 atom stereocenters. The number of hydrazone groups is 1. The summed E-state index contributed by atoms with van der Waals surface area (Å²) < 4.78 is 33.3. The van der Waals surface area contributed by atoms with Gasteiger partial charge in [-0.3, -0.25) is 9.10 Å². The zero-order valence-corrected chi connectivity index (χ0v) is 17.5. The van der Waals surface area contributed by atoms with Gasteiger partial charge in [-0.05, 0) is 71.1 Å². The molecule has 3 aromatic rings. The Bertz CT molecular complexity index is 1050. The lowest BCUT2D eigenvalue weighted by atomic mass is 10.3. The van der Waals surface area contributed by atoms with Gasteiger partial charge >= 0.3 is 0 Å². The first-order chi connectivity index (χ1) is 13.5. The maximum atomic E-state index is 13.1. The van der Waals surface area contributed by atoms with Gasteiger partial charge in [0, 0.05) is 3.57 Å². The van der Waals surface area contributed by atoms with Gasteiger partial charge in [-0.1, -0.05) is 18.2 Å². The minimum Gasteiger partial charge on any atom is -0.463 e. The summed E-state index contributed by atoms with van der Waals surface area (Å²) in [6.07, 6.45) is 2.81. The van der Waals surface area contributed by atoms with Crippen molar-refractivity contribution in [3.63, 3.8) is 0 Å². The molecule has 0 spiro atoms. The van der Waals surface area contributed by atoms with Gasteiger partial charge in [0.1, 0.15) is 12.3 Å². The van der Waals surface area contributed by atoms with Gasteiger partial charge in [0.2, 0.25) is 0 Å². The fraction of sp³-hybridized carbons (Fsp3) is 0.0526. The number of carbonyl (C=O) groups is 1. The molecule has 0 saturated carbocycles. The molecule has 9 heteroatoms. The third kappa shape index (κ3) is 4.98. The number of halogens is 1. The van der Waals surface area contributed by atoms with Crippen molar-refractivity contribution in [1.29, 1.82) is 0 Å². The predicted octanol–water partition coefficient (Wildman–Crippen LogP) is 3.23. The Morgan fingerprint density at radius 3 is 2.43 bits per heavy atom. The van der Waals surface area contributed by atoms with Crippen LogP contribution in [0.5, 0.6) is 0 Å². The van der Waals surface area contributed by atoms with Gasteiger partial charge in [0.25, 0.3) is 15.9 Å². The van der Waals surface area contributed by atoms with Crippen LogP contribution in [0, 0.1) is 3.57 Å². The van der Waals surface area contributed by atoms with E-state index in [9.17, 15) is 13.2 Å². The van der Waals surface area contributed by atoms with Crippen LogP contribution in [0.1, 0.15) is 5.76 Å². The summed E-state index contributed by atoms with van der Waals surface area (Å²) in [4.78, 5) is 12.4. The lowest BCUT2D eigenvalue weighted by molar-refractivity contribution is -0.119. The number of benzene rings is 2. The average Bonchev–Trinajstić information content (AvgIpc) is 3.21. The number of carbonyl (C=O) groups excluding carboxylic acids is 1. The lowest BCUT2D eigenvalue weighted by Gasteiger charge is -2.23. The van der Waals surface area contributed by atoms with Crippen LogP contribution >= 0.6 is 22.6 Å². The quantitative estimate of drug-likeness (QED) is 0.301. The number of sulfonamides is 1. The molecule has 0 saturated heterocycles. The van der Waals surface area contributed by atoms with Crippen molar-refractivity contribution < 1.29 is 17.6 Å². The highest BCUT2D eigenvalue weighted by molar-refractivity contribution is 14.1. The van der Waals surface area contributed by atoms with E-state index in [1.807, 2.05) is 0 Å². The summed E-state index contributed by atoms with van der Waals surface area (Å²) in [6.45, 7) is -0.423. The smallest absolute Gasteiger partial charge is 0.264 e. The van der Waals surface area contributed by atoms with Crippen LogP contribution in [0.3, 0.4) is 0 Å². The SMILES string of the molecule is O=C(CN(c1ccc(I)cc1)S(=O)(=O)c1ccccc1)N/N=C\c1ccco1. The van der Waals surface area contributed by atoms with Crippen LogP contribution in [0.15, 0.2) is 87.4 Å². The fourth-order valence-corrected chi connectivity index (χ4v) is 4.14. The number of nitrogens with zero attached hydrogens (tertiary/aromatic N) is 2. The van der Waals surface area contributed by atoms with Crippen molar-refractivity contribution >= 4 is 50.4 Å². The van der Waals surface area contributed by atoms with E-state index in [2.05, 4.69) is 33.1 Å². The van der Waals surface area contributed by atoms with E-state index >= 15 is 0 Å². The number of furan rings is 1. The molecule has 7 nitrogen and oxygen atoms in total. The van der Waals surface area contributed by atoms with Gasteiger partial charge in [0.05, 0.1) is 23.1 Å². The molecule has 0 fully saturated rings. The highest BCUT2D eigenvalue weighted by Crippen LogP contribution is 2.24. The highest BCUT2D eigenvalue weighted by atomic mass is 127. The fourth-order valence-electron chi connectivity index (χ4n) is 2.34. The van der Waals surface area contributed by atoms with E-state index in [4.69, 9.17) is 4.42 Å². The van der Waals surface area contributed by atoms with Gasteiger partial charge in [-0.25, -0.2) is 13.8 Å². The first-order valence-electron chi connectivity index (χ1n) is 8.15. The van der Waals surface area contributed by atoms with Gasteiger partial charge < -0.3 is 4.42 Å². The van der Waals surface area contributed by atoms with Crippen LogP contribution in [0.2, 0.25) is 0 Å². The summed E-state index contributed by atoms with van der Waals surface area (Å²) in [5, 5.41) is 3.79. The van der Waals surface area contributed by atoms with E-state index in [0.717, 1.165) is 7.88 Å². The lowest BCUT2D eigenvalue weighted by Crippen LogP contribution is -2.39. The van der Waals surface area contributed by atoms with Crippen LogP contribution in [0.4, 0.5) is 5.69 Å². The first kappa shape index (κ1) is 20.1. The molecule has 0 aliphatic carbocycles. The van der Waals surface area contributed by atoms with Crippen LogP contribution in [-0.2, 0) is 14.8 Å². The normalized spacial score (nSPS) is 11.5. The topological polar surface area (TPSA) is 92.0 Å². The Labute approximate surface area is 176 Å². The number of hydrogen-bond acceptors (Lipinski definition) is 5. The molecule has 28 heavy (non-hydrogen) atoms. The van der Waals surface area contributed by atoms with Crippen LogP contribution < -0.4 is 9.73 Å². The van der Waals surface area contributed by atoms with Gasteiger partial charge in [0.15, 0.2) is 0 Å². The summed E-state index contributed by atoms with van der Waals surface area (Å²) >= 11 is 2.13. The zero-order chi connectivity index (χ0) is 20.0. The largest absolute Gasteiger partial charge is 0.463 e. The molecule has 2 aromatic carbocycles. The Hall–Kier alpha value is -2.66. The summed E-state index contributed by atoms with van der Waals surface area (Å²) in [7, 11) is -3.93. The number of amides is 1. The van der Waals surface area contributed by atoms with E-state index in [1.54, 1.807) is 54.6 Å². The summed E-state index contributed by atoms with van der Waals surface area (Å²) in [5.41, 5.74) is 2.70. The summed E-state index contributed by atoms with van der Waals surface area (Å²) in [5.74, 6) is -0.118. The minimum atomic E-state index is -3.93. The molecule has 1 heterocycles. The third-order valence-electron chi connectivity index (χ3n) is 3.66. The average molecular weight is 509 g/mol. The minimum absolute atomic E-state index is 0.0976. The maximum absolute atomic E-state index is 13.1. The van der Waals surface area contributed by atoms with Gasteiger partial charge in [-0.15, -0.1) is 0 Å². The standard InChI is InChI=1S/C19H16IN3O4S/c20-15-8-10-16(11-9-15)23(28(25,26)18-6-2-1-3-7-18)14-19(24)22-21-13-17-5-4-12-27-17/h1-13H,14H2,(H,22,24)/b21-13-. The van der Waals surface area contributed by atoms with Crippen LogP contribution in [0.25, 0.3) is 0 Å². The molecule has 1 amide bonds. The van der Waals surface area contributed by atoms with E-state index in [1.165, 1.54) is 24.6 Å². The molecule has 1 aromatic heterocycles. The van der Waals surface area contributed by atoms with Crippen molar-refractivity contribution in [1.82, 2.24) is 5.43 Å². The zero-order valence-electron chi connectivity index (χ0n) is 14.5. The highest BCUT2D eigenvalue weighted by Gasteiger charge is 2.27. The Kier molecular flexibility index (Phi) is 6.47. The molecule has 1 N–H and O–H groups in total. The van der Waals surface area contributed by atoms with Crippen molar-refractivity contribution in [2.24, 2.45) is 5.10 Å². The van der Waals surface area contributed by atoms with Gasteiger partial charge in [-0.2, -0.15) is 5.10 Å². The molecule has 0 bridgehead atoms. The van der Waals surface area contributed by atoms with Crippen molar-refractivity contribution in [3.05, 3.63) is 82.3 Å². The second-order valence-electron chi connectivity index (χ2n) is 5.61. The second-order valence-corrected chi connectivity index (χ2v) is 8.72. The first-order valence-corrected chi connectivity index (χ1v) is 10.7. The second kappa shape index (κ2) is 9.02. The van der Waals surface area contributed by atoms with Crippen molar-refractivity contribution in [2.45, 2.75) is 4.90 Å². The molecular weight excluding hydrogens is 493 g/mol. The van der Waals surface area contributed by atoms with E-state index in [0.29, 0.717) is 11.4 Å². The number of nitrogens with one attached hydrogen (secondary N) is 1. The predicted molar refractivity (Wildman–Crippen MR) is 115 cm³/mol. The van der Waals surface area contributed by atoms with E-state index < -0.39 is 22.5 Å². The monoisotopic (exact) mass is 509 g/mol. The Morgan fingerprint density at radius 1 is 1.07 bits per heavy atom. The molecule has 0 aliphatic heterocycles. The molecule has 0 aliphatic rings. The molecule has 0 unspecified atom stereocenters. The molecule has 0 radical (unpaired) electrons. The number of rotatable bonds is 7. The maximum Gasteiger partial charge on any atom is 0.264 e. The van der Waals surface area contributed by atoms with Crippen LogP contribution in [-0.4, -0.2) is 27.1 Å². The summed E-state index contributed by atoms with van der Waals surface area (Å²) in [6, 6.07) is 18.2. The molecular formula is C19H16IN3O4S. The Morgan fingerprint density at radius 2 is 1.79 bits per heavy atom. The van der Waals surface area contributed by atoms with E-state index in [-0.39, 0.29) is 4.90 Å². The van der Waals surface area contributed by atoms with Crippen molar-refractivity contribution in [3.8, 4) is 0 Å². The Balaban J connectivity index is 1.84. The molecule has 3 rings (SSSR count). The van der Waals surface area contributed by atoms with Crippen molar-refractivity contribution in [2.75, 3.05) is 10.8 Å². The number of anilines is 1. The third-order valence-corrected chi connectivity index (χ3v) is 6.16.